The zero-order valence-corrected chi connectivity index (χ0v) is 41.9. The first kappa shape index (κ1) is 60.9. The molecule has 1 fully saturated rings. The Morgan fingerprint density at radius 1 is 0.493 bits per heavy atom. The van der Waals surface area contributed by atoms with Crippen LogP contribution in [0.5, 0.6) is 0 Å². The quantitative estimate of drug-likeness (QED) is 0.0673. The number of amides is 7. The number of benzene rings is 1. The second-order valence-corrected chi connectivity index (χ2v) is 16.2. The number of fused-ring (bicyclic) bond motifs is 1. The van der Waals surface area contributed by atoms with Crippen molar-refractivity contribution in [3.63, 3.8) is 0 Å². The van der Waals surface area contributed by atoms with Crippen molar-refractivity contribution in [2.75, 3.05) is 184 Å². The van der Waals surface area contributed by atoms with Gasteiger partial charge >= 0.3 is 0 Å². The van der Waals surface area contributed by atoms with Gasteiger partial charge in [0.2, 0.25) is 17.7 Å². The second kappa shape index (κ2) is 38.8. The highest BCUT2D eigenvalue weighted by Crippen LogP contribution is 2.32. The molecule has 0 spiro atoms. The molecule has 3 aliphatic rings. The standard InChI is InChI=1S/C49H74N4O20/c54-42(50-40-6-4-5-39-46(40)49(60)53(48(39)59)41-8-9-43(55)51-47(41)58)7-2-1-3-13-61-15-17-63-19-21-65-23-25-67-27-29-69-31-33-71-35-37-73-38-36-72-34-32-70-30-28-68-26-24-66-22-20-64-18-16-62-14-12-52-44(56)10-11-45(52)57/h4-6,10-11,41H,1-3,7-9,12-38H2,(H,50,54)(H,51,55,58). The third kappa shape index (κ3) is 25.4. The van der Waals surface area contributed by atoms with Crippen molar-refractivity contribution in [3.05, 3.63) is 41.5 Å². The molecule has 0 saturated carbocycles. The first-order valence-electron chi connectivity index (χ1n) is 25.0. The average molecular weight is 1040 g/mol. The number of nitrogens with one attached hydrogen (secondary N) is 2. The fraction of sp³-hybridized carbons (Fsp3) is 0.694. The maximum Gasteiger partial charge on any atom is 0.264 e. The van der Waals surface area contributed by atoms with Crippen molar-refractivity contribution in [2.24, 2.45) is 0 Å². The lowest BCUT2D eigenvalue weighted by atomic mass is 10.0. The predicted molar refractivity (Wildman–Crippen MR) is 257 cm³/mol. The van der Waals surface area contributed by atoms with Crippen LogP contribution < -0.4 is 10.6 Å². The van der Waals surface area contributed by atoms with Crippen molar-refractivity contribution < 1.29 is 95.1 Å². The third-order valence-corrected chi connectivity index (χ3v) is 10.8. The monoisotopic (exact) mass is 1040 g/mol. The second-order valence-electron chi connectivity index (χ2n) is 16.2. The molecule has 4 rings (SSSR count). The summed E-state index contributed by atoms with van der Waals surface area (Å²) < 4.78 is 71.4. The van der Waals surface area contributed by atoms with Crippen LogP contribution in [0.25, 0.3) is 0 Å². The lowest BCUT2D eigenvalue weighted by Gasteiger charge is -2.27. The van der Waals surface area contributed by atoms with Crippen LogP contribution >= 0.6 is 0 Å². The molecule has 1 saturated heterocycles. The van der Waals surface area contributed by atoms with Crippen LogP contribution in [0.3, 0.4) is 0 Å². The molecule has 1 unspecified atom stereocenters. The minimum Gasteiger partial charge on any atom is -0.379 e. The van der Waals surface area contributed by atoms with Crippen LogP contribution in [0.1, 0.15) is 59.2 Å². The minimum atomic E-state index is -1.08. The Hall–Kier alpha value is -4.67. The summed E-state index contributed by atoms with van der Waals surface area (Å²) in [5, 5.41) is 4.90. The highest BCUT2D eigenvalue weighted by Gasteiger charge is 2.45. The van der Waals surface area contributed by atoms with Gasteiger partial charge in [0.05, 0.1) is 189 Å². The largest absolute Gasteiger partial charge is 0.379 e. The van der Waals surface area contributed by atoms with Crippen molar-refractivity contribution >= 4 is 47.0 Å². The number of hydrogen-bond acceptors (Lipinski definition) is 20. The summed E-state index contributed by atoms with van der Waals surface area (Å²) in [6.45, 7) is 11.7. The molecule has 0 bridgehead atoms. The van der Waals surface area contributed by atoms with Crippen molar-refractivity contribution in [1.82, 2.24) is 15.1 Å². The van der Waals surface area contributed by atoms with E-state index in [4.69, 9.17) is 61.6 Å². The maximum absolute atomic E-state index is 13.2. The first-order chi connectivity index (χ1) is 35.8. The number of carbonyl (C=O) groups is 7. The molecule has 24 nitrogen and oxygen atoms in total. The molecule has 1 aromatic carbocycles. The van der Waals surface area contributed by atoms with E-state index >= 15 is 0 Å². The van der Waals surface area contributed by atoms with Gasteiger partial charge in [-0.05, 0) is 31.4 Å². The Morgan fingerprint density at radius 3 is 1.30 bits per heavy atom. The van der Waals surface area contributed by atoms with Crippen molar-refractivity contribution in [3.8, 4) is 0 Å². The molecule has 1 aromatic rings. The lowest BCUT2D eigenvalue weighted by Crippen LogP contribution is -2.54. The van der Waals surface area contributed by atoms with E-state index in [9.17, 15) is 33.6 Å². The smallest absolute Gasteiger partial charge is 0.264 e. The number of unbranched alkanes of at least 4 members (excludes halogenated alkanes) is 2. The fourth-order valence-corrected chi connectivity index (χ4v) is 7.05. The van der Waals surface area contributed by atoms with Gasteiger partial charge in [-0.15, -0.1) is 0 Å². The molecule has 73 heavy (non-hydrogen) atoms. The summed E-state index contributed by atoms with van der Waals surface area (Å²) in [6.07, 6.45) is 4.90. The molecule has 3 aliphatic heterocycles. The van der Waals surface area contributed by atoms with E-state index in [1.54, 1.807) is 12.1 Å². The normalized spacial score (nSPS) is 15.6. The van der Waals surface area contributed by atoms with Gasteiger partial charge < -0.3 is 66.9 Å². The molecule has 1 atom stereocenters. The number of rotatable bonds is 47. The van der Waals surface area contributed by atoms with E-state index in [1.807, 2.05) is 0 Å². The number of carbonyl (C=O) groups excluding carboxylic acids is 7. The highest BCUT2D eigenvalue weighted by atomic mass is 16.6. The predicted octanol–water partition coefficient (Wildman–Crippen LogP) is 0.728. The number of ether oxygens (including phenoxy) is 13. The third-order valence-electron chi connectivity index (χ3n) is 10.8. The molecule has 7 amide bonds. The van der Waals surface area contributed by atoms with Gasteiger partial charge in [0.1, 0.15) is 6.04 Å². The zero-order chi connectivity index (χ0) is 52.0. The summed E-state index contributed by atoms with van der Waals surface area (Å²) in [6, 6.07) is 3.51. The van der Waals surface area contributed by atoms with Crippen LogP contribution in [0.4, 0.5) is 5.69 Å². The minimum absolute atomic E-state index is 0.0223. The Kier molecular flexibility index (Phi) is 32.4. The Balaban J connectivity index is 0.772. The van der Waals surface area contributed by atoms with Crippen LogP contribution in [0.2, 0.25) is 0 Å². The summed E-state index contributed by atoms with van der Waals surface area (Å²) in [5.41, 5.74) is 0.364. The molecular weight excluding hydrogens is 965 g/mol. The summed E-state index contributed by atoms with van der Waals surface area (Å²) in [4.78, 5) is 87.7. The number of nitrogens with zero attached hydrogens (tertiary/aromatic N) is 2. The van der Waals surface area contributed by atoms with Gasteiger partial charge in [0.15, 0.2) is 0 Å². The topological polar surface area (TPSA) is 270 Å². The van der Waals surface area contributed by atoms with Gasteiger partial charge in [-0.2, -0.15) is 0 Å². The fourth-order valence-electron chi connectivity index (χ4n) is 7.05. The Morgan fingerprint density at radius 2 is 0.890 bits per heavy atom. The van der Waals surface area contributed by atoms with Gasteiger partial charge in [0.25, 0.3) is 23.6 Å². The van der Waals surface area contributed by atoms with E-state index in [0.29, 0.717) is 172 Å². The van der Waals surface area contributed by atoms with Crippen LogP contribution in [0.15, 0.2) is 30.4 Å². The van der Waals surface area contributed by atoms with E-state index in [1.165, 1.54) is 18.2 Å². The van der Waals surface area contributed by atoms with Gasteiger partial charge in [-0.1, -0.05) is 12.5 Å². The molecule has 0 aliphatic carbocycles. The maximum atomic E-state index is 13.2. The Labute approximate surface area is 426 Å². The summed E-state index contributed by atoms with van der Waals surface area (Å²) in [5.74, 6) is -3.38. The van der Waals surface area contributed by atoms with Crippen molar-refractivity contribution in [1.29, 1.82) is 0 Å². The summed E-state index contributed by atoms with van der Waals surface area (Å²) >= 11 is 0. The van der Waals surface area contributed by atoms with Crippen LogP contribution in [0, 0.1) is 0 Å². The van der Waals surface area contributed by atoms with Crippen LogP contribution in [-0.4, -0.2) is 236 Å². The van der Waals surface area contributed by atoms with Gasteiger partial charge in [-0.3, -0.25) is 48.7 Å². The van der Waals surface area contributed by atoms with Gasteiger partial charge in [0, 0.05) is 31.6 Å². The molecule has 3 heterocycles. The highest BCUT2D eigenvalue weighted by molar-refractivity contribution is 6.26. The van der Waals surface area contributed by atoms with E-state index in [0.717, 1.165) is 22.6 Å². The zero-order valence-electron chi connectivity index (χ0n) is 41.9. The molecule has 410 valence electrons. The van der Waals surface area contributed by atoms with E-state index in [-0.39, 0.29) is 66.9 Å². The molecule has 0 aromatic heterocycles. The number of piperidine rings is 1. The number of imide groups is 3. The van der Waals surface area contributed by atoms with Crippen molar-refractivity contribution in [2.45, 2.75) is 44.6 Å². The van der Waals surface area contributed by atoms with E-state index in [2.05, 4.69) is 10.6 Å². The number of hydrogen-bond donors (Lipinski definition) is 2. The molecular formula is C49H74N4O20. The summed E-state index contributed by atoms with van der Waals surface area (Å²) in [7, 11) is 0. The molecule has 0 radical (unpaired) electrons. The van der Waals surface area contributed by atoms with E-state index < -0.39 is 29.7 Å². The average Bonchev–Trinajstić information content (AvgIpc) is 3.84. The number of anilines is 1. The Bertz CT molecular complexity index is 1820. The SMILES string of the molecule is O=C1CCC(N2C(=O)c3cccc(NC(=O)CCCCCOCCOCCOCCOCCOCCOCCOCCOCCOCCOCCOCCOCCOCCN4C(=O)C=CC4=O)c3C2=O)C(=O)N1. The molecule has 2 N–H and O–H groups in total. The van der Waals surface area contributed by atoms with Crippen LogP contribution in [-0.2, 0) is 85.6 Å². The lowest BCUT2D eigenvalue weighted by molar-refractivity contribution is -0.138. The van der Waals surface area contributed by atoms with Gasteiger partial charge in [-0.25, -0.2) is 0 Å². The first-order valence-corrected chi connectivity index (χ1v) is 25.0. The molecule has 24 heteroatoms.